The van der Waals surface area contributed by atoms with Crippen molar-refractivity contribution in [2.45, 2.75) is 32.7 Å². The van der Waals surface area contributed by atoms with Gasteiger partial charge in [0.15, 0.2) is 0 Å². The van der Waals surface area contributed by atoms with Crippen molar-refractivity contribution in [2.75, 3.05) is 11.9 Å². The summed E-state index contributed by atoms with van der Waals surface area (Å²) in [5, 5.41) is 15.8. The molecule has 1 aliphatic carbocycles. The maximum Gasteiger partial charge on any atom is 0.332 e. The minimum Gasteiger partial charge on any atom is -0.464 e. The topological polar surface area (TPSA) is 111 Å². The predicted molar refractivity (Wildman–Crippen MR) is 83.0 cm³/mol. The van der Waals surface area contributed by atoms with E-state index in [2.05, 4.69) is 10.6 Å². The Labute approximate surface area is 133 Å². The Morgan fingerprint density at radius 1 is 1.30 bits per heavy atom. The summed E-state index contributed by atoms with van der Waals surface area (Å²) in [4.78, 5) is 34.3. The van der Waals surface area contributed by atoms with Crippen molar-refractivity contribution in [3.63, 3.8) is 0 Å². The van der Waals surface area contributed by atoms with Gasteiger partial charge in [0.1, 0.15) is 5.54 Å². The highest BCUT2D eigenvalue weighted by Gasteiger charge is 2.68. The fraction of sp³-hybridized carbons (Fsp3) is 0.467. The van der Waals surface area contributed by atoms with Gasteiger partial charge in [0, 0.05) is 23.2 Å². The van der Waals surface area contributed by atoms with Gasteiger partial charge in [-0.1, -0.05) is 13.8 Å². The number of nitrogens with one attached hydrogen (secondary N) is 2. The normalized spacial score (nSPS) is 21.2. The Hall–Kier alpha value is -2.64. The second-order valence-electron chi connectivity index (χ2n) is 6.07. The van der Waals surface area contributed by atoms with Gasteiger partial charge < -0.3 is 15.4 Å². The summed E-state index contributed by atoms with van der Waals surface area (Å²) < 4.78 is 5.04. The van der Waals surface area contributed by atoms with E-state index in [0.29, 0.717) is 12.1 Å². The highest BCUT2D eigenvalue weighted by atomic mass is 16.6. The lowest BCUT2D eigenvalue weighted by atomic mass is 10.1. The van der Waals surface area contributed by atoms with Crippen LogP contribution in [0.25, 0.3) is 0 Å². The van der Waals surface area contributed by atoms with E-state index in [1.54, 1.807) is 6.92 Å². The first kappa shape index (κ1) is 16.7. The molecule has 124 valence electrons. The molecule has 1 atom stereocenters. The molecule has 0 heterocycles. The maximum absolute atomic E-state index is 12.1. The molecule has 1 saturated carbocycles. The number of hydrogen-bond donors (Lipinski definition) is 2. The van der Waals surface area contributed by atoms with Crippen LogP contribution in [0.4, 0.5) is 16.2 Å². The van der Waals surface area contributed by atoms with Crippen molar-refractivity contribution in [3.05, 3.63) is 34.4 Å². The lowest BCUT2D eigenvalue weighted by molar-refractivity contribution is -0.384. The molecule has 0 radical (unpaired) electrons. The van der Waals surface area contributed by atoms with Crippen LogP contribution in [-0.4, -0.2) is 29.1 Å². The van der Waals surface area contributed by atoms with Gasteiger partial charge in [0.25, 0.3) is 5.69 Å². The number of ether oxygens (including phenoxy) is 1. The third-order valence-corrected chi connectivity index (χ3v) is 4.02. The van der Waals surface area contributed by atoms with Crippen LogP contribution in [0.5, 0.6) is 0 Å². The Balaban J connectivity index is 2.03. The van der Waals surface area contributed by atoms with Crippen LogP contribution in [0.2, 0.25) is 0 Å². The molecule has 1 fully saturated rings. The third kappa shape index (κ3) is 3.25. The fourth-order valence-corrected chi connectivity index (χ4v) is 2.51. The molecule has 0 bridgehead atoms. The van der Waals surface area contributed by atoms with Crippen molar-refractivity contribution in [2.24, 2.45) is 5.41 Å². The molecule has 2 rings (SSSR count). The molecule has 2 N–H and O–H groups in total. The van der Waals surface area contributed by atoms with Gasteiger partial charge in [0.2, 0.25) is 0 Å². The first-order valence-electron chi connectivity index (χ1n) is 7.23. The van der Waals surface area contributed by atoms with E-state index in [-0.39, 0.29) is 17.7 Å². The summed E-state index contributed by atoms with van der Waals surface area (Å²) in [6.07, 6.45) is 0.493. The summed E-state index contributed by atoms with van der Waals surface area (Å²) in [6.45, 7) is 5.69. The molecule has 8 nitrogen and oxygen atoms in total. The molecule has 2 amide bonds. The van der Waals surface area contributed by atoms with E-state index >= 15 is 0 Å². The number of carbonyl (C=O) groups excluding carboxylic acids is 2. The zero-order chi connectivity index (χ0) is 17.3. The summed E-state index contributed by atoms with van der Waals surface area (Å²) in [5.41, 5.74) is -1.09. The van der Waals surface area contributed by atoms with Gasteiger partial charge in [0.05, 0.1) is 11.5 Å². The van der Waals surface area contributed by atoms with Gasteiger partial charge in [-0.25, -0.2) is 9.59 Å². The molecular weight excluding hydrogens is 302 g/mol. The number of carbonyl (C=O) groups is 2. The predicted octanol–water partition coefficient (Wildman–Crippen LogP) is 2.45. The zero-order valence-corrected chi connectivity index (χ0v) is 13.2. The Kier molecular flexibility index (Phi) is 4.26. The Morgan fingerprint density at radius 2 is 1.87 bits per heavy atom. The van der Waals surface area contributed by atoms with E-state index in [1.165, 1.54) is 24.3 Å². The molecular formula is C15H19N3O5. The second kappa shape index (κ2) is 5.86. The van der Waals surface area contributed by atoms with Gasteiger partial charge >= 0.3 is 12.0 Å². The largest absolute Gasteiger partial charge is 0.464 e. The summed E-state index contributed by atoms with van der Waals surface area (Å²) in [6, 6.07) is 4.87. The number of hydrogen-bond acceptors (Lipinski definition) is 5. The number of amides is 2. The molecule has 0 spiro atoms. The lowest BCUT2D eigenvalue weighted by Gasteiger charge is -2.20. The quantitative estimate of drug-likeness (QED) is 0.491. The average molecular weight is 321 g/mol. The van der Waals surface area contributed by atoms with Gasteiger partial charge in [-0.3, -0.25) is 10.1 Å². The summed E-state index contributed by atoms with van der Waals surface area (Å²) in [7, 11) is 0. The van der Waals surface area contributed by atoms with E-state index in [9.17, 15) is 19.7 Å². The average Bonchev–Trinajstić information content (AvgIpc) is 3.02. The highest BCUT2D eigenvalue weighted by Crippen LogP contribution is 2.56. The summed E-state index contributed by atoms with van der Waals surface area (Å²) >= 11 is 0. The van der Waals surface area contributed by atoms with Crippen molar-refractivity contribution >= 4 is 23.4 Å². The Bertz CT molecular complexity index is 641. The molecule has 0 aromatic heterocycles. The van der Waals surface area contributed by atoms with E-state index < -0.39 is 22.5 Å². The van der Waals surface area contributed by atoms with Crippen LogP contribution in [0.1, 0.15) is 27.2 Å². The molecule has 1 aromatic carbocycles. The number of nitrogens with zero attached hydrogens (tertiary/aromatic N) is 1. The minimum atomic E-state index is -1.03. The standard InChI is InChI=1S/C15H19N3O5/c1-4-23-12(19)15(9-14(15,2)3)17-13(20)16-10-5-7-11(8-6-10)18(21)22/h5-8H,4,9H2,1-3H3,(H2,16,17,20). The number of urea groups is 1. The van der Waals surface area contributed by atoms with Crippen LogP contribution in [0.15, 0.2) is 24.3 Å². The Morgan fingerprint density at radius 3 is 2.30 bits per heavy atom. The molecule has 23 heavy (non-hydrogen) atoms. The number of anilines is 1. The molecule has 8 heteroatoms. The SMILES string of the molecule is CCOC(=O)C1(NC(=O)Nc2ccc([N+](=O)[O-])cc2)CC1(C)C. The third-order valence-electron chi connectivity index (χ3n) is 4.02. The molecule has 1 aliphatic rings. The number of nitro groups is 1. The minimum absolute atomic E-state index is 0.0673. The van der Waals surface area contributed by atoms with E-state index in [1.807, 2.05) is 13.8 Å². The molecule has 0 aliphatic heterocycles. The smallest absolute Gasteiger partial charge is 0.332 e. The van der Waals surface area contributed by atoms with Gasteiger partial charge in [-0.05, 0) is 25.5 Å². The lowest BCUT2D eigenvalue weighted by Crippen LogP contribution is -2.49. The summed E-state index contributed by atoms with van der Waals surface area (Å²) in [5.74, 6) is -0.455. The van der Waals surface area contributed by atoms with Crippen LogP contribution >= 0.6 is 0 Å². The first-order valence-corrected chi connectivity index (χ1v) is 7.23. The van der Waals surface area contributed by atoms with Crippen LogP contribution in [-0.2, 0) is 9.53 Å². The van der Waals surface area contributed by atoms with E-state index in [4.69, 9.17) is 4.74 Å². The van der Waals surface area contributed by atoms with Crippen molar-refractivity contribution in [1.29, 1.82) is 0 Å². The van der Waals surface area contributed by atoms with E-state index in [0.717, 1.165) is 0 Å². The molecule has 1 unspecified atom stereocenters. The van der Waals surface area contributed by atoms with Gasteiger partial charge in [-0.2, -0.15) is 0 Å². The highest BCUT2D eigenvalue weighted by molar-refractivity contribution is 5.96. The van der Waals surface area contributed by atoms with Crippen LogP contribution < -0.4 is 10.6 Å². The van der Waals surface area contributed by atoms with Crippen molar-refractivity contribution in [1.82, 2.24) is 5.32 Å². The van der Waals surface area contributed by atoms with Gasteiger partial charge in [-0.15, -0.1) is 0 Å². The number of nitro benzene ring substituents is 1. The number of esters is 1. The zero-order valence-electron chi connectivity index (χ0n) is 13.2. The maximum atomic E-state index is 12.1. The monoisotopic (exact) mass is 321 g/mol. The first-order chi connectivity index (χ1) is 10.7. The number of benzene rings is 1. The fourth-order valence-electron chi connectivity index (χ4n) is 2.51. The van der Waals surface area contributed by atoms with Crippen LogP contribution in [0.3, 0.4) is 0 Å². The van der Waals surface area contributed by atoms with Crippen LogP contribution in [0, 0.1) is 15.5 Å². The molecule has 1 aromatic rings. The molecule has 0 saturated heterocycles. The van der Waals surface area contributed by atoms with Crippen molar-refractivity contribution in [3.8, 4) is 0 Å². The number of non-ortho nitro benzene ring substituents is 1. The second-order valence-corrected chi connectivity index (χ2v) is 6.07. The van der Waals surface area contributed by atoms with Crippen molar-refractivity contribution < 1.29 is 19.2 Å². The number of rotatable bonds is 5.